The first-order valence-corrected chi connectivity index (χ1v) is 15.1. The molecular weight excluding hydrogens is 563 g/mol. The van der Waals surface area contributed by atoms with Crippen molar-refractivity contribution in [2.45, 2.75) is 76.9 Å². The van der Waals surface area contributed by atoms with Crippen LogP contribution in [0.3, 0.4) is 0 Å². The first-order chi connectivity index (χ1) is 20.7. The lowest BCUT2D eigenvalue weighted by atomic mass is 9.79. The summed E-state index contributed by atoms with van der Waals surface area (Å²) in [7, 11) is 1.35. The molecule has 0 saturated heterocycles. The molecule has 3 aliphatic rings. The van der Waals surface area contributed by atoms with Crippen LogP contribution >= 0.6 is 0 Å². The van der Waals surface area contributed by atoms with Crippen molar-refractivity contribution in [2.75, 3.05) is 13.7 Å². The zero-order valence-corrected chi connectivity index (χ0v) is 24.5. The Bertz CT molecular complexity index is 1340. The van der Waals surface area contributed by atoms with Gasteiger partial charge in [-0.3, -0.25) is 14.4 Å². The number of ketones is 1. The minimum absolute atomic E-state index is 0.0110. The zero-order chi connectivity index (χ0) is 30.7. The maximum Gasteiger partial charge on any atom is 0.308 e. The molecule has 0 aromatic heterocycles. The van der Waals surface area contributed by atoms with Crippen LogP contribution in [0.2, 0.25) is 0 Å². The summed E-state index contributed by atoms with van der Waals surface area (Å²) in [6.45, 7) is 2.09. The number of carbonyl (C=O) groups excluding carboxylic acids is 3. The van der Waals surface area contributed by atoms with Crippen molar-refractivity contribution in [1.82, 2.24) is 5.32 Å². The predicted octanol–water partition coefficient (Wildman–Crippen LogP) is 6.23. The number of nitrogens with one attached hydrogen (secondary N) is 1. The number of alkyl halides is 2. The van der Waals surface area contributed by atoms with Gasteiger partial charge in [0.1, 0.15) is 11.5 Å². The Morgan fingerprint density at radius 1 is 0.977 bits per heavy atom. The zero-order valence-electron chi connectivity index (χ0n) is 24.5. The molecule has 1 amide bonds. The van der Waals surface area contributed by atoms with Gasteiger partial charge < -0.3 is 19.5 Å². The molecule has 0 unspecified atom stereocenters. The highest BCUT2D eigenvalue weighted by Crippen LogP contribution is 2.49. The molecule has 0 aliphatic heterocycles. The quantitative estimate of drug-likeness (QED) is 0.307. The third-order valence-electron chi connectivity index (χ3n) is 9.25. The molecule has 4 atom stereocenters. The summed E-state index contributed by atoms with van der Waals surface area (Å²) < 4.78 is 57.8. The number of halogens is 3. The van der Waals surface area contributed by atoms with Crippen molar-refractivity contribution in [3.05, 3.63) is 58.9 Å². The molecule has 0 radical (unpaired) electrons. The molecule has 1 N–H and O–H groups in total. The van der Waals surface area contributed by atoms with E-state index in [1.165, 1.54) is 31.4 Å². The van der Waals surface area contributed by atoms with Crippen LogP contribution in [-0.2, 0) is 20.7 Å². The van der Waals surface area contributed by atoms with Crippen molar-refractivity contribution in [3.8, 4) is 11.5 Å². The Hall–Kier alpha value is -3.56. The minimum atomic E-state index is -2.62. The van der Waals surface area contributed by atoms with Crippen LogP contribution in [-0.4, -0.2) is 43.5 Å². The highest BCUT2D eigenvalue weighted by molar-refractivity contribution is 5.98. The Labute approximate surface area is 249 Å². The highest BCUT2D eigenvalue weighted by Gasteiger charge is 2.51. The number of carbonyl (C=O) groups is 3. The van der Waals surface area contributed by atoms with Crippen LogP contribution in [0.15, 0.2) is 36.4 Å². The van der Waals surface area contributed by atoms with Gasteiger partial charge in [-0.1, -0.05) is 18.2 Å². The molecule has 3 fully saturated rings. The predicted molar refractivity (Wildman–Crippen MR) is 152 cm³/mol. The van der Waals surface area contributed by atoms with Gasteiger partial charge in [-0.2, -0.15) is 0 Å². The smallest absolute Gasteiger partial charge is 0.308 e. The Morgan fingerprint density at radius 3 is 2.42 bits per heavy atom. The van der Waals surface area contributed by atoms with Gasteiger partial charge in [-0.25, -0.2) is 13.2 Å². The van der Waals surface area contributed by atoms with Crippen molar-refractivity contribution < 1.29 is 41.8 Å². The Balaban J connectivity index is 1.28. The first kappa shape index (κ1) is 30.9. The highest BCUT2D eigenvalue weighted by atomic mass is 19.3. The van der Waals surface area contributed by atoms with E-state index in [0.717, 1.165) is 25.3 Å². The molecule has 3 saturated carbocycles. The number of esters is 1. The maximum atomic E-state index is 15.0. The molecule has 2 aromatic carbocycles. The third-order valence-corrected chi connectivity index (χ3v) is 9.25. The monoisotopic (exact) mass is 601 g/mol. The van der Waals surface area contributed by atoms with Crippen LogP contribution < -0.4 is 14.8 Å². The van der Waals surface area contributed by atoms with E-state index >= 15 is 4.39 Å². The van der Waals surface area contributed by atoms with Crippen molar-refractivity contribution >= 4 is 17.7 Å². The number of fused-ring (bicyclic) bond motifs is 2. The van der Waals surface area contributed by atoms with E-state index in [9.17, 15) is 23.2 Å². The van der Waals surface area contributed by atoms with Gasteiger partial charge in [0.15, 0.2) is 11.6 Å². The molecule has 43 heavy (non-hydrogen) atoms. The number of amides is 1. The molecule has 2 bridgehead atoms. The largest absolute Gasteiger partial charge is 0.496 e. The molecule has 10 heteroatoms. The topological polar surface area (TPSA) is 90.9 Å². The van der Waals surface area contributed by atoms with Gasteiger partial charge in [0, 0.05) is 30.0 Å². The van der Waals surface area contributed by atoms with Gasteiger partial charge in [-0.05, 0) is 81.4 Å². The normalized spacial score (nSPS) is 26.3. The summed E-state index contributed by atoms with van der Waals surface area (Å²) in [6.07, 6.45) is 1.87. The van der Waals surface area contributed by atoms with Crippen molar-refractivity contribution in [3.63, 3.8) is 0 Å². The molecular formula is C33H38F3NO6. The Kier molecular flexibility index (Phi) is 9.62. The van der Waals surface area contributed by atoms with Crippen LogP contribution in [0.4, 0.5) is 13.2 Å². The number of ether oxygens (including phenoxy) is 3. The standard InChI is InChI=1S/C33H38F3NO6/c1-3-42-33(40)19-9-11-23(12-10-19)43-28-16-24(27(41-2)17-25(28)34)32(39)37-30-21-8-7-20(15-21)29(30)26(38)14-18-5-4-6-22(13-18)31(35)36/h4-6,13,16-17,19-21,23,29-31H,3,7-12,14-15H2,1-2H3,(H,37,39)/t19-,20-,21+,23+,29-,30-/m1/s1. The number of hydrogen-bond acceptors (Lipinski definition) is 6. The molecule has 3 aliphatic carbocycles. The van der Waals surface area contributed by atoms with Gasteiger partial charge in [0.05, 0.1) is 31.3 Å². The lowest BCUT2D eigenvalue weighted by Crippen LogP contribution is -2.47. The average molecular weight is 602 g/mol. The fourth-order valence-corrected chi connectivity index (χ4v) is 7.18. The van der Waals surface area contributed by atoms with E-state index in [1.807, 2.05) is 0 Å². The maximum absolute atomic E-state index is 15.0. The number of Topliss-reactive ketones (excluding diaryl/α,β-unsaturated/α-hetero) is 1. The third kappa shape index (κ3) is 6.83. The van der Waals surface area contributed by atoms with E-state index in [2.05, 4.69) is 5.32 Å². The summed E-state index contributed by atoms with van der Waals surface area (Å²) in [6, 6.07) is 7.91. The lowest BCUT2D eigenvalue weighted by Gasteiger charge is -2.31. The van der Waals surface area contributed by atoms with Crippen LogP contribution in [0, 0.1) is 29.5 Å². The fraction of sp³-hybridized carbons (Fsp3) is 0.545. The number of hydrogen-bond donors (Lipinski definition) is 1. The minimum Gasteiger partial charge on any atom is -0.496 e. The van der Waals surface area contributed by atoms with Crippen molar-refractivity contribution in [2.24, 2.45) is 23.7 Å². The van der Waals surface area contributed by atoms with Crippen LogP contribution in [0.25, 0.3) is 0 Å². The molecule has 5 rings (SSSR count). The SMILES string of the molecule is CCOC(=O)[C@H]1CC[C@@H](Oc2cc(C(=O)N[C@@H]3[C@H]4CC[C@H](C4)[C@@H]3C(=O)Cc3cccc(C(F)F)c3)c(OC)cc2F)CC1. The Morgan fingerprint density at radius 2 is 1.72 bits per heavy atom. The van der Waals surface area contributed by atoms with Gasteiger partial charge in [0.2, 0.25) is 0 Å². The molecule has 7 nitrogen and oxygen atoms in total. The lowest BCUT2D eigenvalue weighted by molar-refractivity contribution is -0.149. The summed E-state index contributed by atoms with van der Waals surface area (Å²) >= 11 is 0. The summed E-state index contributed by atoms with van der Waals surface area (Å²) in [4.78, 5) is 39.2. The summed E-state index contributed by atoms with van der Waals surface area (Å²) in [5.41, 5.74) is 0.489. The van der Waals surface area contributed by atoms with E-state index < -0.39 is 30.1 Å². The van der Waals surface area contributed by atoms with E-state index in [4.69, 9.17) is 14.2 Å². The summed E-state index contributed by atoms with van der Waals surface area (Å²) in [5, 5.41) is 3.04. The number of rotatable bonds is 11. The second kappa shape index (κ2) is 13.4. The van der Waals surface area contributed by atoms with Crippen LogP contribution in [0.1, 0.15) is 79.8 Å². The molecule has 232 valence electrons. The summed E-state index contributed by atoms with van der Waals surface area (Å²) in [5.74, 6) is -1.92. The second-order valence-corrected chi connectivity index (χ2v) is 11.9. The van der Waals surface area contributed by atoms with Gasteiger partial charge in [-0.15, -0.1) is 0 Å². The molecule has 0 heterocycles. The second-order valence-electron chi connectivity index (χ2n) is 11.9. The van der Waals surface area contributed by atoms with Crippen molar-refractivity contribution in [1.29, 1.82) is 0 Å². The first-order valence-electron chi connectivity index (χ1n) is 15.1. The number of benzene rings is 2. The molecule has 0 spiro atoms. The fourth-order valence-electron chi connectivity index (χ4n) is 7.18. The van der Waals surface area contributed by atoms with Gasteiger partial charge in [0.25, 0.3) is 12.3 Å². The van der Waals surface area contributed by atoms with E-state index in [0.29, 0.717) is 37.9 Å². The van der Waals surface area contributed by atoms with Crippen LogP contribution in [0.5, 0.6) is 11.5 Å². The molecule has 2 aromatic rings. The van der Waals surface area contributed by atoms with E-state index in [1.54, 1.807) is 13.0 Å². The van der Waals surface area contributed by atoms with Gasteiger partial charge >= 0.3 is 5.97 Å². The average Bonchev–Trinajstić information content (AvgIpc) is 3.60. The number of methoxy groups -OCH3 is 1. The van der Waals surface area contributed by atoms with E-state index in [-0.39, 0.29) is 64.7 Å².